The van der Waals surface area contributed by atoms with Crippen molar-refractivity contribution < 1.29 is 8.83 Å². The highest BCUT2D eigenvalue weighted by atomic mass is 16.3. The first-order chi connectivity index (χ1) is 30.3. The van der Waals surface area contributed by atoms with Gasteiger partial charge in [-0.1, -0.05) is 140 Å². The fourth-order valence-corrected chi connectivity index (χ4v) is 10.4. The van der Waals surface area contributed by atoms with Gasteiger partial charge in [0.2, 0.25) is 0 Å². The van der Waals surface area contributed by atoms with Crippen LogP contribution in [0.3, 0.4) is 0 Å². The van der Waals surface area contributed by atoms with Gasteiger partial charge in [-0.15, -0.1) is 0 Å². The van der Waals surface area contributed by atoms with Crippen LogP contribution in [-0.2, 0) is 5.41 Å². The van der Waals surface area contributed by atoms with Crippen LogP contribution >= 0.6 is 0 Å². The van der Waals surface area contributed by atoms with E-state index < -0.39 is 5.41 Å². The van der Waals surface area contributed by atoms with Crippen molar-refractivity contribution >= 4 is 67.0 Å². The molecule has 11 aromatic rings. The van der Waals surface area contributed by atoms with Crippen molar-refractivity contribution in [3.8, 4) is 22.3 Å². The van der Waals surface area contributed by atoms with Gasteiger partial charge in [-0.2, -0.15) is 0 Å². The normalized spacial score (nSPS) is 14.6. The van der Waals surface area contributed by atoms with Crippen molar-refractivity contribution in [1.29, 1.82) is 0 Å². The molecule has 0 saturated carbocycles. The van der Waals surface area contributed by atoms with Crippen LogP contribution in [0.4, 0.5) is 34.1 Å². The Morgan fingerprint density at radius 1 is 0.328 bits per heavy atom. The predicted molar refractivity (Wildman–Crippen MR) is 249 cm³/mol. The van der Waals surface area contributed by atoms with Gasteiger partial charge < -0.3 is 18.6 Å². The number of rotatable bonds is 6. The Morgan fingerprint density at radius 2 is 0.836 bits per heavy atom. The molecule has 1 unspecified atom stereocenters. The van der Waals surface area contributed by atoms with E-state index in [2.05, 4.69) is 222 Å². The van der Waals surface area contributed by atoms with Gasteiger partial charge in [-0.05, 0) is 112 Å². The standard InChI is InChI=1S/C57H36N2O2/c1-4-17-37(18-5-1)58(38-19-6-2-7-20-38)40-32-34-46-50(35-40)57(56-54(46)47-25-12-15-30-53(47)61-56)48-27-13-10-23-42(48)43-33-31-41(36-49(43)57)59(39-21-8-3-9-22-39)51-28-16-26-45-44-24-11-14-29-52(44)60-55(45)51/h1-36H. The molecule has 1 atom stereocenters. The third-order valence-corrected chi connectivity index (χ3v) is 12.8. The summed E-state index contributed by atoms with van der Waals surface area (Å²) in [4.78, 5) is 4.70. The minimum atomic E-state index is -0.756. The van der Waals surface area contributed by atoms with E-state index in [1.54, 1.807) is 0 Å². The Balaban J connectivity index is 1.11. The molecule has 0 fully saturated rings. The summed E-state index contributed by atoms with van der Waals surface area (Å²) in [5.74, 6) is 0.959. The summed E-state index contributed by atoms with van der Waals surface area (Å²) in [5.41, 5.74) is 16.5. The maximum atomic E-state index is 7.23. The minimum absolute atomic E-state index is 0.756. The van der Waals surface area contributed by atoms with Gasteiger partial charge in [0.15, 0.2) is 5.58 Å². The van der Waals surface area contributed by atoms with Crippen LogP contribution in [0.5, 0.6) is 0 Å². The van der Waals surface area contributed by atoms with E-state index in [1.807, 2.05) is 6.07 Å². The summed E-state index contributed by atoms with van der Waals surface area (Å²) < 4.78 is 14.0. The summed E-state index contributed by atoms with van der Waals surface area (Å²) in [6.07, 6.45) is 0. The van der Waals surface area contributed by atoms with Crippen molar-refractivity contribution in [1.82, 2.24) is 0 Å². The number of furan rings is 2. The van der Waals surface area contributed by atoms with Crippen molar-refractivity contribution in [3.05, 3.63) is 241 Å². The number of anilines is 6. The van der Waals surface area contributed by atoms with Crippen LogP contribution in [-0.4, -0.2) is 0 Å². The molecule has 0 bridgehead atoms. The Bertz CT molecular complexity index is 3460. The first kappa shape index (κ1) is 33.8. The second-order valence-electron chi connectivity index (χ2n) is 16.0. The Labute approximate surface area is 352 Å². The SMILES string of the molecule is c1ccc(N(c2ccccc2)c2ccc3c(c2)C2(c4ccccc4-c4ccc(N(c5ccccc5)c5cccc6c5oc5ccccc56)cc42)c2oc4ccccc4c2-3)cc1. The fraction of sp³-hybridized carbons (Fsp3) is 0.0175. The third-order valence-electron chi connectivity index (χ3n) is 12.8. The molecule has 9 aromatic carbocycles. The molecular weight excluding hydrogens is 745 g/mol. The molecule has 2 aromatic heterocycles. The molecule has 0 aliphatic heterocycles. The third kappa shape index (κ3) is 4.76. The highest BCUT2D eigenvalue weighted by molar-refractivity contribution is 6.11. The molecule has 4 heteroatoms. The Hall–Kier alpha value is -8.08. The first-order valence-corrected chi connectivity index (χ1v) is 20.8. The average molecular weight is 781 g/mol. The molecular formula is C57H36N2O2. The monoisotopic (exact) mass is 780 g/mol. The van der Waals surface area contributed by atoms with Gasteiger partial charge in [0, 0.05) is 50.2 Å². The lowest BCUT2D eigenvalue weighted by Gasteiger charge is -2.32. The van der Waals surface area contributed by atoms with E-state index >= 15 is 0 Å². The average Bonchev–Trinajstić information content (AvgIpc) is 4.05. The van der Waals surface area contributed by atoms with Gasteiger partial charge in [0.05, 0.1) is 5.69 Å². The largest absolute Gasteiger partial charge is 0.459 e. The zero-order valence-corrected chi connectivity index (χ0v) is 33.0. The van der Waals surface area contributed by atoms with Crippen LogP contribution in [0.1, 0.15) is 22.5 Å². The van der Waals surface area contributed by atoms with Crippen molar-refractivity contribution in [3.63, 3.8) is 0 Å². The van der Waals surface area contributed by atoms with Gasteiger partial charge in [-0.3, -0.25) is 0 Å². The Morgan fingerprint density at radius 3 is 1.54 bits per heavy atom. The van der Waals surface area contributed by atoms with E-state index in [0.717, 1.165) is 78.4 Å². The van der Waals surface area contributed by atoms with Crippen LogP contribution < -0.4 is 9.80 Å². The summed E-state index contributed by atoms with van der Waals surface area (Å²) in [7, 11) is 0. The van der Waals surface area contributed by atoms with E-state index in [4.69, 9.17) is 8.83 Å². The number of nitrogens with zero attached hydrogens (tertiary/aromatic N) is 2. The lowest BCUT2D eigenvalue weighted by molar-refractivity contribution is 0.507. The molecule has 286 valence electrons. The van der Waals surface area contributed by atoms with E-state index in [1.165, 1.54) is 33.4 Å². The fourth-order valence-electron chi connectivity index (χ4n) is 10.4. The minimum Gasteiger partial charge on any atom is -0.459 e. The van der Waals surface area contributed by atoms with Gasteiger partial charge in [0.25, 0.3) is 0 Å². The van der Waals surface area contributed by atoms with Gasteiger partial charge in [0.1, 0.15) is 22.3 Å². The highest BCUT2D eigenvalue weighted by Crippen LogP contribution is 2.65. The molecule has 2 heterocycles. The molecule has 0 radical (unpaired) electrons. The number of benzene rings is 9. The zero-order valence-electron chi connectivity index (χ0n) is 33.0. The van der Waals surface area contributed by atoms with Crippen LogP contribution in [0, 0.1) is 0 Å². The molecule has 1 spiro atoms. The second kappa shape index (κ2) is 13.0. The van der Waals surface area contributed by atoms with Crippen molar-refractivity contribution in [2.24, 2.45) is 0 Å². The van der Waals surface area contributed by atoms with E-state index in [9.17, 15) is 0 Å². The zero-order chi connectivity index (χ0) is 40.1. The molecule has 2 aliphatic carbocycles. The molecule has 61 heavy (non-hydrogen) atoms. The summed E-state index contributed by atoms with van der Waals surface area (Å²) >= 11 is 0. The lowest BCUT2D eigenvalue weighted by atomic mass is 9.73. The lowest BCUT2D eigenvalue weighted by Crippen LogP contribution is -2.26. The smallest absolute Gasteiger partial charge is 0.159 e. The number of fused-ring (bicyclic) bond motifs is 15. The molecule has 4 nitrogen and oxygen atoms in total. The molecule has 0 N–H and O–H groups in total. The molecule has 0 amide bonds. The molecule has 0 saturated heterocycles. The van der Waals surface area contributed by atoms with Gasteiger partial charge in [-0.25, -0.2) is 0 Å². The topological polar surface area (TPSA) is 32.8 Å². The summed E-state index contributed by atoms with van der Waals surface area (Å²) in [6.45, 7) is 0. The van der Waals surface area contributed by atoms with E-state index in [-0.39, 0.29) is 0 Å². The number of para-hydroxylation sites is 6. The van der Waals surface area contributed by atoms with Crippen LogP contribution in [0.25, 0.3) is 55.2 Å². The molecule has 2 aliphatic rings. The number of hydrogen-bond acceptors (Lipinski definition) is 4. The highest BCUT2D eigenvalue weighted by Gasteiger charge is 2.55. The van der Waals surface area contributed by atoms with E-state index in [0.29, 0.717) is 0 Å². The van der Waals surface area contributed by atoms with Crippen LogP contribution in [0.15, 0.2) is 227 Å². The maximum absolute atomic E-state index is 7.23. The Kier molecular flexibility index (Phi) is 7.19. The number of hydrogen-bond donors (Lipinski definition) is 0. The van der Waals surface area contributed by atoms with Crippen molar-refractivity contribution in [2.75, 3.05) is 9.80 Å². The quantitative estimate of drug-likeness (QED) is 0.168. The van der Waals surface area contributed by atoms with Crippen LogP contribution in [0.2, 0.25) is 0 Å². The van der Waals surface area contributed by atoms with Gasteiger partial charge >= 0.3 is 0 Å². The van der Waals surface area contributed by atoms with Crippen molar-refractivity contribution in [2.45, 2.75) is 5.41 Å². The molecule has 13 rings (SSSR count). The second-order valence-corrected chi connectivity index (χ2v) is 16.0. The maximum Gasteiger partial charge on any atom is 0.159 e. The summed E-state index contributed by atoms with van der Waals surface area (Å²) in [5, 5.41) is 3.31. The first-order valence-electron chi connectivity index (χ1n) is 20.8. The summed E-state index contributed by atoms with van der Waals surface area (Å²) in [6, 6.07) is 78.1. The predicted octanol–water partition coefficient (Wildman–Crippen LogP) is 15.6.